The molecular formula is C37H56N2P2. The number of benzene rings is 1. The van der Waals surface area contributed by atoms with Crippen LogP contribution in [-0.4, -0.2) is 48.3 Å². The van der Waals surface area contributed by atoms with Crippen LogP contribution in [-0.2, 0) is 0 Å². The molecule has 2 N–H and O–H groups in total. The van der Waals surface area contributed by atoms with E-state index in [1.165, 1.54) is 69.2 Å². The molecule has 7 aliphatic rings. The first kappa shape index (κ1) is 29.2. The Bertz CT molecular complexity index is 1080. The summed E-state index contributed by atoms with van der Waals surface area (Å²) in [6, 6.07) is 11.3. The average Bonchev–Trinajstić information content (AvgIpc) is 3.41. The van der Waals surface area contributed by atoms with Crippen LogP contribution in [0.1, 0.15) is 84.1 Å². The van der Waals surface area contributed by atoms with Crippen molar-refractivity contribution in [3.05, 3.63) is 53.6 Å². The number of piperidine rings is 2. The smallest absolute Gasteiger partial charge is 0.0146 e. The minimum Gasteiger partial charge on any atom is -0.316 e. The molecular weight excluding hydrogens is 534 g/mol. The number of nitrogens with one attached hydrogen (secondary N) is 2. The Morgan fingerprint density at radius 2 is 1.41 bits per heavy atom. The van der Waals surface area contributed by atoms with Crippen molar-refractivity contribution in [2.75, 3.05) is 32.3 Å². The van der Waals surface area contributed by atoms with Gasteiger partial charge < -0.3 is 10.6 Å². The topological polar surface area (TPSA) is 24.1 Å². The maximum absolute atomic E-state index is 3.84. The molecule has 0 amide bonds. The fourth-order valence-corrected chi connectivity index (χ4v) is 15.6. The second-order valence-corrected chi connectivity index (χ2v) is 20.2. The Labute approximate surface area is 254 Å². The van der Waals surface area contributed by atoms with Crippen LogP contribution in [0.3, 0.4) is 0 Å². The summed E-state index contributed by atoms with van der Waals surface area (Å²) in [5, 5.41) is 8.25. The Kier molecular flexibility index (Phi) is 8.38. The van der Waals surface area contributed by atoms with Crippen LogP contribution in [0.4, 0.5) is 0 Å². The van der Waals surface area contributed by atoms with E-state index in [9.17, 15) is 0 Å². The molecule has 41 heavy (non-hydrogen) atoms. The van der Waals surface area contributed by atoms with Crippen LogP contribution < -0.4 is 10.6 Å². The van der Waals surface area contributed by atoms with Gasteiger partial charge in [0.25, 0.3) is 0 Å². The van der Waals surface area contributed by atoms with E-state index in [-0.39, 0.29) is 13.1 Å². The van der Waals surface area contributed by atoms with Gasteiger partial charge in [0.2, 0.25) is 0 Å². The Morgan fingerprint density at radius 3 is 1.93 bits per heavy atom. The van der Waals surface area contributed by atoms with Gasteiger partial charge in [0.05, 0.1) is 0 Å². The van der Waals surface area contributed by atoms with Gasteiger partial charge in [0, 0.05) is 11.1 Å². The highest BCUT2D eigenvalue weighted by Gasteiger charge is 2.54. The van der Waals surface area contributed by atoms with Crippen molar-refractivity contribution in [2.45, 2.75) is 94.5 Å². The lowest BCUT2D eigenvalue weighted by Gasteiger charge is -2.59. The molecule has 4 heteroatoms. The minimum atomic E-state index is -0.0852. The number of hydrogen-bond acceptors (Lipinski definition) is 2. The molecule has 4 saturated carbocycles. The van der Waals surface area contributed by atoms with Crippen LogP contribution >= 0.6 is 17.2 Å². The SMILES string of the molecule is CC(C)(C)P(CC1C=C(c2ccccc2)C=C1C(P)(C1CCCNC1)C1CCCNC1)C1C2CC3CC(C2)CC1C3. The van der Waals surface area contributed by atoms with Crippen LogP contribution in [0.15, 0.2) is 48.1 Å². The van der Waals surface area contributed by atoms with E-state index in [0.29, 0.717) is 22.9 Å². The normalized spacial score (nSPS) is 39.2. The van der Waals surface area contributed by atoms with Gasteiger partial charge in [-0.05, 0) is 148 Å². The number of rotatable bonds is 7. The monoisotopic (exact) mass is 590 g/mol. The molecule has 1 aromatic rings. The van der Waals surface area contributed by atoms with Gasteiger partial charge in [-0.3, -0.25) is 0 Å². The molecule has 2 saturated heterocycles. The third-order valence-corrected chi connectivity index (χ3v) is 17.8. The first-order valence-electron chi connectivity index (χ1n) is 17.3. The van der Waals surface area contributed by atoms with Gasteiger partial charge in [0.1, 0.15) is 0 Å². The van der Waals surface area contributed by atoms with E-state index in [1.807, 2.05) is 0 Å². The predicted octanol–water partition coefficient (Wildman–Crippen LogP) is 8.34. The minimum absolute atomic E-state index is 0.0852. The van der Waals surface area contributed by atoms with Crippen molar-refractivity contribution in [1.82, 2.24) is 10.6 Å². The van der Waals surface area contributed by atoms with Gasteiger partial charge in [-0.1, -0.05) is 76.7 Å². The molecule has 0 radical (unpaired) electrons. The Morgan fingerprint density at radius 1 is 0.829 bits per heavy atom. The van der Waals surface area contributed by atoms with E-state index in [4.69, 9.17) is 0 Å². The third kappa shape index (κ3) is 5.60. The van der Waals surface area contributed by atoms with Crippen molar-refractivity contribution >= 4 is 22.7 Å². The molecule has 2 heterocycles. The lowest BCUT2D eigenvalue weighted by atomic mass is 9.56. The highest BCUT2D eigenvalue weighted by molar-refractivity contribution is 7.60. The molecule has 2 nitrogen and oxygen atoms in total. The number of hydrogen-bond donors (Lipinski definition) is 2. The molecule has 5 unspecified atom stereocenters. The summed E-state index contributed by atoms with van der Waals surface area (Å²) in [5.41, 5.74) is 5.70. The molecule has 0 spiro atoms. The van der Waals surface area contributed by atoms with Crippen LogP contribution in [0.2, 0.25) is 0 Å². The van der Waals surface area contributed by atoms with E-state index >= 15 is 0 Å². The summed E-state index contributed by atoms with van der Waals surface area (Å²) in [5.74, 6) is 6.15. The van der Waals surface area contributed by atoms with E-state index in [2.05, 4.69) is 83.1 Å². The third-order valence-electron chi connectivity index (χ3n) is 12.4. The highest BCUT2D eigenvalue weighted by atomic mass is 31.1. The highest BCUT2D eigenvalue weighted by Crippen LogP contribution is 2.69. The van der Waals surface area contributed by atoms with E-state index in [0.717, 1.165) is 29.3 Å². The summed E-state index contributed by atoms with van der Waals surface area (Å²) in [6.07, 6.45) is 20.0. The molecule has 224 valence electrons. The second kappa shape index (κ2) is 11.8. The predicted molar refractivity (Wildman–Crippen MR) is 182 cm³/mol. The van der Waals surface area contributed by atoms with Crippen molar-refractivity contribution in [3.63, 3.8) is 0 Å². The second-order valence-electron chi connectivity index (χ2n) is 16.0. The van der Waals surface area contributed by atoms with Crippen molar-refractivity contribution in [3.8, 4) is 0 Å². The van der Waals surface area contributed by atoms with Gasteiger partial charge in [-0.15, -0.1) is 9.24 Å². The maximum atomic E-state index is 3.84. The van der Waals surface area contributed by atoms with E-state index < -0.39 is 0 Å². The van der Waals surface area contributed by atoms with Crippen molar-refractivity contribution in [2.24, 2.45) is 41.4 Å². The van der Waals surface area contributed by atoms with Gasteiger partial charge in [-0.25, -0.2) is 0 Å². The van der Waals surface area contributed by atoms with Crippen molar-refractivity contribution < 1.29 is 0 Å². The summed E-state index contributed by atoms with van der Waals surface area (Å²) < 4.78 is 0. The largest absolute Gasteiger partial charge is 0.316 e. The standard InChI is InChI=1S/C37H56N2P2/c1-36(2,3)41(35-29-16-25-15-26(18-29)19-30(35)17-25)24-31-20-28(27-9-5-4-6-10-27)21-34(31)37(40,32-11-7-13-38-22-32)33-12-8-14-39-23-33/h4-6,9-10,20-21,25-26,29-33,35,38-39H,7-8,11-19,22-24,40H2,1-3H3. The molecule has 0 aromatic heterocycles. The molecule has 6 fully saturated rings. The summed E-state index contributed by atoms with van der Waals surface area (Å²) in [4.78, 5) is 0. The zero-order valence-corrected chi connectivity index (χ0v) is 28.1. The molecule has 5 aliphatic carbocycles. The first-order chi connectivity index (χ1) is 19.8. The van der Waals surface area contributed by atoms with E-state index in [1.54, 1.807) is 37.7 Å². The molecule has 1 aromatic carbocycles. The van der Waals surface area contributed by atoms with Crippen LogP contribution in [0.25, 0.3) is 5.57 Å². The van der Waals surface area contributed by atoms with Gasteiger partial charge in [0.15, 0.2) is 0 Å². The average molecular weight is 591 g/mol. The van der Waals surface area contributed by atoms with Crippen LogP contribution in [0, 0.1) is 41.4 Å². The van der Waals surface area contributed by atoms with Gasteiger partial charge in [-0.2, -0.15) is 0 Å². The fourth-order valence-electron chi connectivity index (χ4n) is 10.8. The molecule has 5 atom stereocenters. The first-order valence-corrected chi connectivity index (χ1v) is 19.4. The van der Waals surface area contributed by atoms with Crippen molar-refractivity contribution in [1.29, 1.82) is 0 Å². The quantitative estimate of drug-likeness (QED) is 0.312. The number of allylic oxidation sites excluding steroid dienone is 4. The fraction of sp³-hybridized carbons (Fsp3) is 0.730. The zero-order chi connectivity index (χ0) is 28.2. The summed E-state index contributed by atoms with van der Waals surface area (Å²) in [6.45, 7) is 12.6. The Hall–Kier alpha value is -0.520. The Balaban J connectivity index is 1.27. The summed E-state index contributed by atoms with van der Waals surface area (Å²) >= 11 is 0. The zero-order valence-electron chi connectivity index (χ0n) is 26.1. The molecule has 8 rings (SSSR count). The summed E-state index contributed by atoms with van der Waals surface area (Å²) in [7, 11) is 3.52. The maximum Gasteiger partial charge on any atom is 0.0146 e. The van der Waals surface area contributed by atoms with Gasteiger partial charge >= 0.3 is 0 Å². The molecule has 2 aliphatic heterocycles. The lowest BCUT2D eigenvalue weighted by Crippen LogP contribution is -2.53. The lowest BCUT2D eigenvalue weighted by molar-refractivity contribution is 0.0242. The van der Waals surface area contributed by atoms with Crippen LogP contribution in [0.5, 0.6) is 0 Å². The molecule has 4 bridgehead atoms.